The van der Waals surface area contributed by atoms with Gasteiger partial charge in [0.05, 0.1) is 13.7 Å². The van der Waals surface area contributed by atoms with E-state index in [1.807, 2.05) is 28.8 Å². The van der Waals surface area contributed by atoms with Crippen LogP contribution in [-0.4, -0.2) is 34.2 Å². The highest BCUT2D eigenvalue weighted by molar-refractivity contribution is 7.99. The fourth-order valence-electron chi connectivity index (χ4n) is 2.49. The first-order valence-electron chi connectivity index (χ1n) is 8.41. The van der Waals surface area contributed by atoms with Gasteiger partial charge in [-0.05, 0) is 36.4 Å². The number of thioether (sulfide) groups is 1. The van der Waals surface area contributed by atoms with Crippen molar-refractivity contribution < 1.29 is 13.9 Å². The molecule has 0 aliphatic heterocycles. The first-order chi connectivity index (χ1) is 13.2. The molecule has 3 rings (SSSR count). The van der Waals surface area contributed by atoms with Crippen LogP contribution < -0.4 is 9.47 Å². The molecule has 0 spiro atoms. The van der Waals surface area contributed by atoms with Crippen LogP contribution in [0.4, 0.5) is 4.39 Å². The van der Waals surface area contributed by atoms with E-state index in [2.05, 4.69) is 16.8 Å². The van der Waals surface area contributed by atoms with E-state index in [1.165, 1.54) is 17.8 Å². The molecule has 0 unspecified atom stereocenters. The summed E-state index contributed by atoms with van der Waals surface area (Å²) in [5.74, 6) is 2.05. The van der Waals surface area contributed by atoms with E-state index in [4.69, 9.17) is 9.47 Å². The summed E-state index contributed by atoms with van der Waals surface area (Å²) in [6.45, 7) is 4.77. The summed E-state index contributed by atoms with van der Waals surface area (Å²) in [5.41, 5.74) is 0.944. The number of ether oxygens (including phenoxy) is 2. The van der Waals surface area contributed by atoms with Crippen molar-refractivity contribution in [3.8, 4) is 22.9 Å². The van der Waals surface area contributed by atoms with Crippen molar-refractivity contribution in [3.63, 3.8) is 0 Å². The molecular formula is C20H20FN3O2S. The van der Waals surface area contributed by atoms with Crippen LogP contribution in [0.1, 0.15) is 0 Å². The summed E-state index contributed by atoms with van der Waals surface area (Å²) in [5, 5.41) is 9.36. The summed E-state index contributed by atoms with van der Waals surface area (Å²) < 4.78 is 26.2. The standard InChI is InChI=1S/C20H20FN3O2S/c1-3-12-24-19(15-8-10-16(25-2)11-9-15)22-23-20(24)27-14-13-26-18-7-5-4-6-17(18)21/h3-11H,1,12-14H2,2H3. The number of methoxy groups -OCH3 is 1. The number of hydrogen-bond acceptors (Lipinski definition) is 5. The molecule has 0 fully saturated rings. The van der Waals surface area contributed by atoms with Crippen molar-refractivity contribution >= 4 is 11.8 Å². The number of hydrogen-bond donors (Lipinski definition) is 0. The highest BCUT2D eigenvalue weighted by atomic mass is 32.2. The third kappa shape index (κ3) is 4.68. The second kappa shape index (κ2) is 9.23. The van der Waals surface area contributed by atoms with Gasteiger partial charge in [-0.1, -0.05) is 30.0 Å². The number of rotatable bonds is 9. The maximum absolute atomic E-state index is 13.6. The Hall–Kier alpha value is -2.80. The van der Waals surface area contributed by atoms with Crippen molar-refractivity contribution in [2.24, 2.45) is 0 Å². The van der Waals surface area contributed by atoms with Crippen LogP contribution >= 0.6 is 11.8 Å². The third-order valence-electron chi connectivity index (χ3n) is 3.79. The second-order valence-electron chi connectivity index (χ2n) is 5.56. The molecule has 0 saturated heterocycles. The molecular weight excluding hydrogens is 365 g/mol. The van der Waals surface area contributed by atoms with Gasteiger partial charge in [0, 0.05) is 17.9 Å². The van der Waals surface area contributed by atoms with Gasteiger partial charge in [0.1, 0.15) is 5.75 Å². The van der Waals surface area contributed by atoms with E-state index in [9.17, 15) is 4.39 Å². The van der Waals surface area contributed by atoms with Gasteiger partial charge in [0.25, 0.3) is 0 Å². The Morgan fingerprint density at radius 2 is 1.93 bits per heavy atom. The van der Waals surface area contributed by atoms with Crippen molar-refractivity contribution in [1.29, 1.82) is 0 Å². The molecule has 3 aromatic rings. The summed E-state index contributed by atoms with van der Waals surface area (Å²) in [6.07, 6.45) is 1.80. The van der Waals surface area contributed by atoms with Gasteiger partial charge in [-0.3, -0.25) is 4.57 Å². The molecule has 0 saturated carbocycles. The van der Waals surface area contributed by atoms with E-state index < -0.39 is 0 Å². The van der Waals surface area contributed by atoms with Crippen molar-refractivity contribution in [2.45, 2.75) is 11.7 Å². The van der Waals surface area contributed by atoms with Gasteiger partial charge in [0.2, 0.25) is 0 Å². The molecule has 27 heavy (non-hydrogen) atoms. The number of para-hydroxylation sites is 1. The maximum atomic E-state index is 13.6. The summed E-state index contributed by atoms with van der Waals surface area (Å²) in [4.78, 5) is 0. The van der Waals surface area contributed by atoms with Gasteiger partial charge in [0.15, 0.2) is 22.5 Å². The zero-order valence-electron chi connectivity index (χ0n) is 15.0. The average molecular weight is 385 g/mol. The number of halogens is 1. The predicted octanol–water partition coefficient (Wildman–Crippen LogP) is 4.45. The van der Waals surface area contributed by atoms with Gasteiger partial charge < -0.3 is 9.47 Å². The minimum absolute atomic E-state index is 0.254. The molecule has 0 aliphatic carbocycles. The van der Waals surface area contributed by atoms with E-state index in [0.29, 0.717) is 18.9 Å². The topological polar surface area (TPSA) is 49.2 Å². The summed E-state index contributed by atoms with van der Waals surface area (Å²) in [7, 11) is 1.63. The lowest BCUT2D eigenvalue weighted by molar-refractivity contribution is 0.325. The molecule has 1 aromatic heterocycles. The van der Waals surface area contributed by atoms with Gasteiger partial charge >= 0.3 is 0 Å². The van der Waals surface area contributed by atoms with Crippen LogP contribution in [0.3, 0.4) is 0 Å². The molecule has 0 atom stereocenters. The molecule has 5 nitrogen and oxygen atoms in total. The van der Waals surface area contributed by atoms with Crippen LogP contribution in [0.15, 0.2) is 66.3 Å². The van der Waals surface area contributed by atoms with Crippen molar-refractivity contribution in [3.05, 3.63) is 67.0 Å². The van der Waals surface area contributed by atoms with E-state index >= 15 is 0 Å². The Labute approximate surface area is 161 Å². The number of nitrogens with zero attached hydrogens (tertiary/aromatic N) is 3. The molecule has 0 aliphatic rings. The Morgan fingerprint density at radius 1 is 1.15 bits per heavy atom. The number of aromatic nitrogens is 3. The minimum atomic E-state index is -0.362. The largest absolute Gasteiger partial charge is 0.497 e. The highest BCUT2D eigenvalue weighted by Crippen LogP contribution is 2.26. The van der Waals surface area contributed by atoms with Crippen LogP contribution in [0.25, 0.3) is 11.4 Å². The zero-order chi connectivity index (χ0) is 19.1. The highest BCUT2D eigenvalue weighted by Gasteiger charge is 2.13. The lowest BCUT2D eigenvalue weighted by Gasteiger charge is -2.09. The fourth-order valence-corrected chi connectivity index (χ4v) is 3.25. The molecule has 0 bridgehead atoms. The Kier molecular flexibility index (Phi) is 6.49. The van der Waals surface area contributed by atoms with Crippen molar-refractivity contribution in [2.75, 3.05) is 19.5 Å². The quantitative estimate of drug-likeness (QED) is 0.309. The minimum Gasteiger partial charge on any atom is -0.497 e. The predicted molar refractivity (Wildman–Crippen MR) is 105 cm³/mol. The summed E-state index contributed by atoms with van der Waals surface area (Å²) in [6, 6.07) is 14.0. The van der Waals surface area contributed by atoms with Crippen LogP contribution in [0.2, 0.25) is 0 Å². The first-order valence-corrected chi connectivity index (χ1v) is 9.40. The molecule has 0 amide bonds. The smallest absolute Gasteiger partial charge is 0.191 e. The third-order valence-corrected chi connectivity index (χ3v) is 4.72. The second-order valence-corrected chi connectivity index (χ2v) is 6.62. The molecule has 0 N–H and O–H groups in total. The Morgan fingerprint density at radius 3 is 2.63 bits per heavy atom. The number of allylic oxidation sites excluding steroid dienone is 1. The lowest BCUT2D eigenvalue weighted by atomic mass is 10.2. The van der Waals surface area contributed by atoms with Gasteiger partial charge in [-0.25, -0.2) is 4.39 Å². The van der Waals surface area contributed by atoms with Crippen molar-refractivity contribution in [1.82, 2.24) is 14.8 Å². The lowest BCUT2D eigenvalue weighted by Crippen LogP contribution is -2.04. The first kappa shape index (κ1) is 19.0. The average Bonchev–Trinajstić information content (AvgIpc) is 3.09. The normalized spacial score (nSPS) is 10.6. The fraction of sp³-hybridized carbons (Fsp3) is 0.200. The monoisotopic (exact) mass is 385 g/mol. The SMILES string of the molecule is C=CCn1c(SCCOc2ccccc2F)nnc1-c1ccc(OC)cc1. The molecule has 2 aromatic carbocycles. The maximum Gasteiger partial charge on any atom is 0.191 e. The molecule has 1 heterocycles. The number of benzene rings is 2. The van der Waals surface area contributed by atoms with Crippen LogP contribution in [0.5, 0.6) is 11.5 Å². The Bertz CT molecular complexity index is 896. The van der Waals surface area contributed by atoms with E-state index in [1.54, 1.807) is 31.4 Å². The van der Waals surface area contributed by atoms with E-state index in [-0.39, 0.29) is 11.6 Å². The molecule has 140 valence electrons. The molecule has 7 heteroatoms. The van der Waals surface area contributed by atoms with Gasteiger partial charge in [-0.2, -0.15) is 0 Å². The summed E-state index contributed by atoms with van der Waals surface area (Å²) >= 11 is 1.50. The van der Waals surface area contributed by atoms with E-state index in [0.717, 1.165) is 22.3 Å². The molecule has 0 radical (unpaired) electrons. The zero-order valence-corrected chi connectivity index (χ0v) is 15.8. The van der Waals surface area contributed by atoms with Crippen LogP contribution in [0, 0.1) is 5.82 Å². The van der Waals surface area contributed by atoms with Gasteiger partial charge in [-0.15, -0.1) is 16.8 Å². The Balaban J connectivity index is 1.67. The van der Waals surface area contributed by atoms with Crippen LogP contribution in [-0.2, 0) is 6.54 Å².